The number of furan rings is 1. The van der Waals surface area contributed by atoms with Crippen LogP contribution in [0.25, 0.3) is 22.6 Å². The van der Waals surface area contributed by atoms with Gasteiger partial charge in [-0.2, -0.15) is 4.31 Å². The summed E-state index contributed by atoms with van der Waals surface area (Å²) in [6.07, 6.45) is 0. The molecule has 1 N–H and O–H groups in total. The molecule has 2 aromatic heterocycles. The number of carbonyl (C=O) groups excluding carboxylic acids is 1. The van der Waals surface area contributed by atoms with Crippen molar-refractivity contribution in [2.75, 3.05) is 19.5 Å². The number of para-hydroxylation sites is 1. The Labute approximate surface area is 212 Å². The van der Waals surface area contributed by atoms with Crippen molar-refractivity contribution < 1.29 is 26.8 Å². The zero-order chi connectivity index (χ0) is 26.0. The van der Waals surface area contributed by atoms with E-state index in [0.717, 1.165) is 10.9 Å². The number of rotatable bonds is 8. The molecule has 0 aliphatic rings. The van der Waals surface area contributed by atoms with E-state index >= 15 is 0 Å². The highest BCUT2D eigenvalue weighted by Gasteiger charge is 2.22. The number of methoxy groups -OCH3 is 1. The molecule has 5 rings (SSSR count). The van der Waals surface area contributed by atoms with Crippen LogP contribution < -0.4 is 10.1 Å². The van der Waals surface area contributed by atoms with E-state index in [-0.39, 0.29) is 28.9 Å². The summed E-state index contributed by atoms with van der Waals surface area (Å²) in [6, 6.07) is 21.9. The van der Waals surface area contributed by atoms with E-state index in [2.05, 4.69) is 15.5 Å². The number of hydrogen-bond donors (Lipinski definition) is 1. The van der Waals surface area contributed by atoms with Gasteiger partial charge in [-0.05, 0) is 42.0 Å². The van der Waals surface area contributed by atoms with Gasteiger partial charge in [0.15, 0.2) is 17.1 Å². The van der Waals surface area contributed by atoms with Gasteiger partial charge in [-0.3, -0.25) is 10.1 Å². The molecule has 0 fully saturated rings. The molecule has 0 aliphatic carbocycles. The van der Waals surface area contributed by atoms with Crippen molar-refractivity contribution in [1.82, 2.24) is 14.5 Å². The SMILES string of the molecule is COc1cccc2cc(-c3nnc(NC(=O)c4ccc(S(=O)(=O)N(C)Cc5ccccc5)cc4)o3)oc12. The highest BCUT2D eigenvalue weighted by Crippen LogP contribution is 2.33. The molecule has 0 atom stereocenters. The smallest absolute Gasteiger partial charge is 0.322 e. The van der Waals surface area contributed by atoms with Crippen LogP contribution in [-0.4, -0.2) is 43.0 Å². The Kier molecular flexibility index (Phi) is 6.47. The summed E-state index contributed by atoms with van der Waals surface area (Å²) in [5.74, 6) is 0.426. The number of nitrogens with zero attached hydrogens (tertiary/aromatic N) is 3. The van der Waals surface area contributed by atoms with Gasteiger partial charge in [0.2, 0.25) is 10.0 Å². The maximum absolute atomic E-state index is 12.9. The summed E-state index contributed by atoms with van der Waals surface area (Å²) >= 11 is 0. The van der Waals surface area contributed by atoms with Crippen LogP contribution in [0.3, 0.4) is 0 Å². The lowest BCUT2D eigenvalue weighted by Gasteiger charge is -2.17. The van der Waals surface area contributed by atoms with E-state index in [9.17, 15) is 13.2 Å². The molecule has 188 valence electrons. The molecule has 3 aromatic carbocycles. The zero-order valence-electron chi connectivity index (χ0n) is 19.9. The Hall–Kier alpha value is -4.48. The predicted molar refractivity (Wildman–Crippen MR) is 136 cm³/mol. The Morgan fingerprint density at radius 1 is 0.973 bits per heavy atom. The van der Waals surface area contributed by atoms with Crippen LogP contribution in [0.5, 0.6) is 5.75 Å². The lowest BCUT2D eigenvalue weighted by Crippen LogP contribution is -2.26. The van der Waals surface area contributed by atoms with Gasteiger partial charge in [0.05, 0.1) is 12.0 Å². The fourth-order valence-corrected chi connectivity index (χ4v) is 4.89. The summed E-state index contributed by atoms with van der Waals surface area (Å²) in [5, 5.41) is 11.1. The third kappa shape index (κ3) is 4.95. The number of sulfonamides is 1. The topological polar surface area (TPSA) is 128 Å². The largest absolute Gasteiger partial charge is 0.493 e. The quantitative estimate of drug-likeness (QED) is 0.317. The Balaban J connectivity index is 1.28. The van der Waals surface area contributed by atoms with Gasteiger partial charge in [0.25, 0.3) is 11.8 Å². The number of aromatic nitrogens is 2. The first-order valence-corrected chi connectivity index (χ1v) is 12.6. The second-order valence-electron chi connectivity index (χ2n) is 8.13. The van der Waals surface area contributed by atoms with Crippen LogP contribution in [-0.2, 0) is 16.6 Å². The van der Waals surface area contributed by atoms with Crippen LogP contribution in [0.1, 0.15) is 15.9 Å². The summed E-state index contributed by atoms with van der Waals surface area (Å²) in [5.41, 5.74) is 1.62. The fraction of sp³-hybridized carbons (Fsp3) is 0.115. The lowest BCUT2D eigenvalue weighted by molar-refractivity contribution is 0.102. The summed E-state index contributed by atoms with van der Waals surface area (Å²) in [7, 11) is -0.689. The lowest BCUT2D eigenvalue weighted by atomic mass is 10.2. The molecule has 0 radical (unpaired) electrons. The van der Waals surface area contributed by atoms with E-state index in [0.29, 0.717) is 17.1 Å². The number of carbonyl (C=O) groups is 1. The minimum absolute atomic E-state index is 0.0721. The van der Waals surface area contributed by atoms with Gasteiger partial charge in [-0.1, -0.05) is 47.6 Å². The van der Waals surface area contributed by atoms with Crippen LogP contribution in [0.4, 0.5) is 6.01 Å². The molecule has 0 saturated carbocycles. The van der Waals surface area contributed by atoms with Gasteiger partial charge in [-0.15, -0.1) is 5.10 Å². The third-order valence-electron chi connectivity index (χ3n) is 5.66. The molecule has 37 heavy (non-hydrogen) atoms. The van der Waals surface area contributed by atoms with Crippen molar-refractivity contribution in [3.63, 3.8) is 0 Å². The summed E-state index contributed by atoms with van der Waals surface area (Å²) in [6.45, 7) is 0.225. The Bertz CT molecular complexity index is 1660. The number of ether oxygens (including phenoxy) is 1. The van der Waals surface area contributed by atoms with Crippen molar-refractivity contribution in [1.29, 1.82) is 0 Å². The monoisotopic (exact) mass is 518 g/mol. The standard InChI is InChI=1S/C26H22N4O6S/c1-30(16-17-7-4-3-5-8-17)37(32,33)20-13-11-18(12-14-20)24(31)27-26-29-28-25(36-26)22-15-19-9-6-10-21(34-2)23(19)35-22/h3-15H,16H2,1-2H3,(H,27,29,31). The van der Waals surface area contributed by atoms with Gasteiger partial charge in [-0.25, -0.2) is 8.42 Å². The minimum Gasteiger partial charge on any atom is -0.493 e. The number of hydrogen-bond acceptors (Lipinski definition) is 8. The maximum Gasteiger partial charge on any atom is 0.322 e. The fourth-order valence-electron chi connectivity index (χ4n) is 3.73. The van der Waals surface area contributed by atoms with Gasteiger partial charge < -0.3 is 13.6 Å². The Morgan fingerprint density at radius 3 is 2.46 bits per heavy atom. The molecule has 0 spiro atoms. The van der Waals surface area contributed by atoms with Gasteiger partial charge in [0, 0.05) is 24.5 Å². The molecule has 10 nitrogen and oxygen atoms in total. The Morgan fingerprint density at radius 2 is 1.73 bits per heavy atom. The maximum atomic E-state index is 12.9. The molecule has 0 aliphatic heterocycles. The zero-order valence-corrected chi connectivity index (χ0v) is 20.7. The van der Waals surface area contributed by atoms with E-state index in [1.54, 1.807) is 19.2 Å². The summed E-state index contributed by atoms with van der Waals surface area (Å²) in [4.78, 5) is 12.8. The predicted octanol–water partition coefficient (Wildman–Crippen LogP) is 4.56. The number of amides is 1. The highest BCUT2D eigenvalue weighted by molar-refractivity contribution is 7.89. The molecule has 0 unspecified atom stereocenters. The van der Waals surface area contributed by atoms with Crippen molar-refractivity contribution >= 4 is 32.9 Å². The molecule has 2 heterocycles. The first-order valence-electron chi connectivity index (χ1n) is 11.2. The van der Waals surface area contributed by atoms with E-state index in [1.165, 1.54) is 35.6 Å². The first-order chi connectivity index (χ1) is 17.8. The molecule has 1 amide bonds. The second-order valence-corrected chi connectivity index (χ2v) is 10.2. The number of fused-ring (bicyclic) bond motifs is 1. The number of nitrogens with one attached hydrogen (secondary N) is 1. The molecule has 0 saturated heterocycles. The second kappa shape index (κ2) is 9.88. The minimum atomic E-state index is -3.74. The number of anilines is 1. The molecular weight excluding hydrogens is 496 g/mol. The van der Waals surface area contributed by atoms with Gasteiger partial charge in [0.1, 0.15) is 0 Å². The average Bonchev–Trinajstić information content (AvgIpc) is 3.56. The highest BCUT2D eigenvalue weighted by atomic mass is 32.2. The molecular formula is C26H22N4O6S. The van der Waals surface area contributed by atoms with E-state index < -0.39 is 15.9 Å². The first kappa shape index (κ1) is 24.2. The molecule has 11 heteroatoms. The van der Waals surface area contributed by atoms with Crippen LogP contribution in [0.2, 0.25) is 0 Å². The van der Waals surface area contributed by atoms with Crippen molar-refractivity contribution in [3.05, 3.63) is 90.0 Å². The molecule has 0 bridgehead atoms. The van der Waals surface area contributed by atoms with Crippen molar-refractivity contribution in [2.24, 2.45) is 0 Å². The average molecular weight is 519 g/mol. The third-order valence-corrected chi connectivity index (χ3v) is 7.47. The van der Waals surface area contributed by atoms with Crippen LogP contribution >= 0.6 is 0 Å². The molecule has 5 aromatic rings. The number of benzene rings is 3. The summed E-state index contributed by atoms with van der Waals surface area (Å²) < 4.78 is 43.7. The van der Waals surface area contributed by atoms with Crippen LogP contribution in [0.15, 0.2) is 92.6 Å². The van der Waals surface area contributed by atoms with E-state index in [1.807, 2.05) is 42.5 Å². The normalized spacial score (nSPS) is 11.6. The van der Waals surface area contributed by atoms with Gasteiger partial charge >= 0.3 is 6.01 Å². The van der Waals surface area contributed by atoms with Crippen molar-refractivity contribution in [3.8, 4) is 17.4 Å². The van der Waals surface area contributed by atoms with E-state index in [4.69, 9.17) is 13.6 Å². The van der Waals surface area contributed by atoms with Crippen LogP contribution in [0, 0.1) is 0 Å². The van der Waals surface area contributed by atoms with Crippen molar-refractivity contribution in [2.45, 2.75) is 11.4 Å².